The number of thioether (sulfide) groups is 2. The number of benzene rings is 2. The summed E-state index contributed by atoms with van der Waals surface area (Å²) in [5, 5.41) is 23.7. The molecule has 0 aliphatic rings. The summed E-state index contributed by atoms with van der Waals surface area (Å²) < 4.78 is 0. The highest BCUT2D eigenvalue weighted by molar-refractivity contribution is 8.03. The van der Waals surface area contributed by atoms with Crippen LogP contribution < -0.4 is 0 Å². The van der Waals surface area contributed by atoms with E-state index >= 15 is 0 Å². The topological polar surface area (TPSA) is 40.5 Å². The molecule has 0 unspecified atom stereocenters. The predicted molar refractivity (Wildman–Crippen MR) is 151 cm³/mol. The third kappa shape index (κ3) is 7.47. The van der Waals surface area contributed by atoms with Crippen molar-refractivity contribution < 1.29 is 10.2 Å². The molecule has 0 saturated heterocycles. The number of hydrogen-bond donors (Lipinski definition) is 2. The van der Waals surface area contributed by atoms with Gasteiger partial charge < -0.3 is 10.2 Å². The first-order valence-corrected chi connectivity index (χ1v) is 17.6. The smallest absolute Gasteiger partial charge is 0.122 e. The van der Waals surface area contributed by atoms with Gasteiger partial charge in [-0.15, -0.1) is 23.5 Å². The van der Waals surface area contributed by atoms with Crippen molar-refractivity contribution in [2.75, 3.05) is 10.8 Å². The van der Waals surface area contributed by atoms with Crippen LogP contribution in [0.5, 0.6) is 11.5 Å². The number of aromatic hydroxyl groups is 2. The Labute approximate surface area is 212 Å². The maximum absolute atomic E-state index is 10.7. The molecule has 0 atom stereocenters. The lowest BCUT2D eigenvalue weighted by Gasteiger charge is -2.24. The molecule has 0 spiro atoms. The van der Waals surface area contributed by atoms with Crippen molar-refractivity contribution in [1.82, 2.24) is 0 Å². The molecule has 2 rings (SSSR count). The molecule has 0 bridgehead atoms. The fourth-order valence-electron chi connectivity index (χ4n) is 3.83. The summed E-state index contributed by atoms with van der Waals surface area (Å²) in [6.07, 6.45) is 0. The molecule has 2 aromatic carbocycles. The predicted octanol–water partition coefficient (Wildman–Crippen LogP) is 9.26. The van der Waals surface area contributed by atoms with Crippen molar-refractivity contribution in [3.05, 3.63) is 46.5 Å². The van der Waals surface area contributed by atoms with Crippen molar-refractivity contribution in [2.45, 2.75) is 102 Å². The Morgan fingerprint density at radius 2 is 0.818 bits per heavy atom. The first-order valence-electron chi connectivity index (χ1n) is 12.2. The van der Waals surface area contributed by atoms with Crippen molar-refractivity contribution in [3.8, 4) is 11.5 Å². The Bertz CT molecular complexity index is 815. The Hall–Kier alpha value is -1.04. The number of hydrogen-bond acceptors (Lipinski definition) is 4. The van der Waals surface area contributed by atoms with Gasteiger partial charge in [0.2, 0.25) is 0 Å². The minimum absolute atomic E-state index is 0.309. The largest absolute Gasteiger partial charge is 0.507 e. The Balaban J connectivity index is 2.17. The highest BCUT2D eigenvalue weighted by Gasteiger charge is 2.24. The summed E-state index contributed by atoms with van der Waals surface area (Å²) in [5.41, 5.74) is 4.24. The van der Waals surface area contributed by atoms with Gasteiger partial charge in [0.25, 0.3) is 0 Å². The molecule has 0 heterocycles. The quantitative estimate of drug-likeness (QED) is 0.250. The second-order valence-corrected chi connectivity index (χ2v) is 19.4. The molecule has 0 saturated carbocycles. The number of phenolic OH excluding ortho intramolecular Hbond substituents is 2. The standard InChI is InChI=1S/C28H44O2S2Si/c1-17(2)23-11-21(12-24(18(3)4)27(23)29)31-15-33(9,10)16-32-22-13-25(19(5)6)28(30)26(14-22)20(7)8/h11-14,17-20,29-30H,15-16H2,1-10H3. The molecule has 5 heteroatoms. The van der Waals surface area contributed by atoms with Crippen molar-refractivity contribution in [3.63, 3.8) is 0 Å². The van der Waals surface area contributed by atoms with Crippen LogP contribution >= 0.6 is 23.5 Å². The Kier molecular flexibility index (Phi) is 9.90. The Morgan fingerprint density at radius 1 is 0.576 bits per heavy atom. The van der Waals surface area contributed by atoms with Gasteiger partial charge in [0, 0.05) is 9.79 Å². The molecule has 0 amide bonds. The van der Waals surface area contributed by atoms with Crippen molar-refractivity contribution >= 4 is 31.6 Å². The molecule has 33 heavy (non-hydrogen) atoms. The van der Waals surface area contributed by atoms with Crippen LogP contribution in [0.15, 0.2) is 34.1 Å². The van der Waals surface area contributed by atoms with Crippen LogP contribution in [0.2, 0.25) is 13.1 Å². The second kappa shape index (κ2) is 11.6. The van der Waals surface area contributed by atoms with Gasteiger partial charge in [-0.2, -0.15) is 0 Å². The lowest BCUT2D eigenvalue weighted by atomic mass is 9.94. The van der Waals surface area contributed by atoms with Crippen LogP contribution in [0.25, 0.3) is 0 Å². The average Bonchev–Trinajstić information content (AvgIpc) is 2.71. The molecule has 2 nitrogen and oxygen atoms in total. The van der Waals surface area contributed by atoms with Crippen LogP contribution in [-0.4, -0.2) is 29.0 Å². The highest BCUT2D eigenvalue weighted by Crippen LogP contribution is 2.40. The lowest BCUT2D eigenvalue weighted by molar-refractivity contribution is 0.453. The van der Waals surface area contributed by atoms with E-state index in [1.165, 1.54) is 9.79 Å². The van der Waals surface area contributed by atoms with E-state index in [9.17, 15) is 10.2 Å². The van der Waals surface area contributed by atoms with Gasteiger partial charge >= 0.3 is 0 Å². The third-order valence-corrected chi connectivity index (χ3v) is 14.6. The normalized spacial score (nSPS) is 12.5. The van der Waals surface area contributed by atoms with Gasteiger partial charge in [0.1, 0.15) is 11.5 Å². The van der Waals surface area contributed by atoms with E-state index in [4.69, 9.17) is 0 Å². The lowest BCUT2D eigenvalue weighted by Crippen LogP contribution is -2.33. The molecule has 0 radical (unpaired) electrons. The van der Waals surface area contributed by atoms with Gasteiger partial charge in [-0.25, -0.2) is 0 Å². The Morgan fingerprint density at radius 3 is 1.03 bits per heavy atom. The van der Waals surface area contributed by atoms with Crippen LogP contribution in [0.4, 0.5) is 0 Å². The summed E-state index contributed by atoms with van der Waals surface area (Å²) in [6, 6.07) is 8.77. The fraction of sp³-hybridized carbons (Fsp3) is 0.571. The molecule has 0 aliphatic heterocycles. The summed E-state index contributed by atoms with van der Waals surface area (Å²) in [4.78, 5) is 2.55. The third-order valence-electron chi connectivity index (χ3n) is 6.03. The second-order valence-electron chi connectivity index (χ2n) is 11.3. The van der Waals surface area contributed by atoms with Crippen molar-refractivity contribution in [2.24, 2.45) is 0 Å². The van der Waals surface area contributed by atoms with E-state index in [-0.39, 0.29) is 0 Å². The van der Waals surface area contributed by atoms with Gasteiger partial charge in [0.05, 0.1) is 8.07 Å². The van der Waals surface area contributed by atoms with Gasteiger partial charge in [-0.05, 0) is 80.9 Å². The SMILES string of the molecule is CC(C)c1cc(SC[Si](C)(C)CSc2cc(C(C)C)c(O)c(C(C)C)c2)cc(C(C)C)c1O. The molecular formula is C28H44O2S2Si. The zero-order valence-corrected chi connectivity index (χ0v) is 24.9. The van der Waals surface area contributed by atoms with Gasteiger partial charge in [0.15, 0.2) is 0 Å². The van der Waals surface area contributed by atoms with E-state index in [0.717, 1.165) is 33.0 Å². The van der Waals surface area contributed by atoms with Gasteiger partial charge in [-0.1, -0.05) is 68.5 Å². The number of rotatable bonds is 10. The summed E-state index contributed by atoms with van der Waals surface area (Å²) in [7, 11) is -1.47. The maximum atomic E-state index is 10.7. The molecule has 184 valence electrons. The van der Waals surface area contributed by atoms with Crippen LogP contribution in [0.3, 0.4) is 0 Å². The summed E-state index contributed by atoms with van der Waals surface area (Å²) in [5.74, 6) is 2.19. The van der Waals surface area contributed by atoms with E-state index in [0.29, 0.717) is 35.2 Å². The fourth-order valence-corrected chi connectivity index (χ4v) is 10.2. The summed E-state index contributed by atoms with van der Waals surface area (Å²) >= 11 is 3.90. The van der Waals surface area contributed by atoms with Crippen LogP contribution in [0, 0.1) is 0 Å². The molecule has 0 aromatic heterocycles. The zero-order chi connectivity index (χ0) is 25.1. The van der Waals surface area contributed by atoms with Gasteiger partial charge in [-0.3, -0.25) is 0 Å². The summed E-state index contributed by atoms with van der Waals surface area (Å²) in [6.45, 7) is 22.1. The van der Waals surface area contributed by atoms with E-state index < -0.39 is 8.07 Å². The first-order chi connectivity index (χ1) is 15.2. The molecule has 2 aromatic rings. The van der Waals surface area contributed by atoms with E-state index in [1.54, 1.807) is 0 Å². The maximum Gasteiger partial charge on any atom is 0.122 e. The average molecular weight is 505 g/mol. The minimum Gasteiger partial charge on any atom is -0.507 e. The zero-order valence-electron chi connectivity index (χ0n) is 22.2. The molecular weight excluding hydrogens is 461 g/mol. The van der Waals surface area contributed by atoms with E-state index in [1.807, 2.05) is 23.5 Å². The molecule has 0 aliphatic carbocycles. The van der Waals surface area contributed by atoms with Crippen molar-refractivity contribution in [1.29, 1.82) is 0 Å². The number of phenols is 2. The molecule has 0 fully saturated rings. The van der Waals surface area contributed by atoms with E-state index in [2.05, 4.69) is 92.7 Å². The van der Waals surface area contributed by atoms with Crippen LogP contribution in [0.1, 0.15) is 101 Å². The highest BCUT2D eigenvalue weighted by atomic mass is 32.2. The molecule has 2 N–H and O–H groups in total. The van der Waals surface area contributed by atoms with Crippen LogP contribution in [-0.2, 0) is 0 Å². The minimum atomic E-state index is -1.47. The first kappa shape index (κ1) is 28.2. The monoisotopic (exact) mass is 504 g/mol.